The minimum Gasteiger partial charge on any atom is -0.490 e. The van der Waals surface area contributed by atoms with Gasteiger partial charge in [-0.25, -0.2) is 4.79 Å². The fourth-order valence-corrected chi connectivity index (χ4v) is 1.86. The Hall–Kier alpha value is -2.60. The monoisotopic (exact) mass is 321 g/mol. The highest BCUT2D eigenvalue weighted by molar-refractivity contribution is 6.32. The van der Waals surface area contributed by atoms with Gasteiger partial charge in [-0.05, 0) is 24.3 Å². The first kappa shape index (κ1) is 15.8. The maximum atomic E-state index is 11.8. The molecule has 0 spiro atoms. The van der Waals surface area contributed by atoms with Crippen molar-refractivity contribution in [3.63, 3.8) is 0 Å². The Kier molecular flexibility index (Phi) is 5.32. The summed E-state index contributed by atoms with van der Waals surface area (Å²) in [5.74, 6) is -0.00268. The summed E-state index contributed by atoms with van der Waals surface area (Å²) in [7, 11) is 0. The molecule has 0 saturated carbocycles. The van der Waals surface area contributed by atoms with Crippen LogP contribution in [0.25, 0.3) is 0 Å². The summed E-state index contributed by atoms with van der Waals surface area (Å²) in [6, 6.07) is 12.8. The summed E-state index contributed by atoms with van der Waals surface area (Å²) >= 11 is 5.68. The van der Waals surface area contributed by atoms with E-state index >= 15 is 0 Å². The normalized spacial score (nSPS) is 10.0. The molecular weight excluding hydrogens is 310 g/mol. The average molecular weight is 322 g/mol. The molecule has 2 aromatic rings. The van der Waals surface area contributed by atoms with E-state index in [1.807, 2.05) is 18.2 Å². The van der Waals surface area contributed by atoms with Crippen LogP contribution in [0, 0.1) is 10.1 Å². The fraction of sp³-hybridized carbons (Fsp3) is 0.133. The van der Waals surface area contributed by atoms with Gasteiger partial charge in [0.2, 0.25) is 0 Å². The van der Waals surface area contributed by atoms with E-state index < -0.39 is 10.9 Å². The van der Waals surface area contributed by atoms with Crippen molar-refractivity contribution in [1.82, 2.24) is 0 Å². The van der Waals surface area contributed by atoms with Gasteiger partial charge in [0.25, 0.3) is 5.69 Å². The summed E-state index contributed by atoms with van der Waals surface area (Å²) in [6.07, 6.45) is 0. The van der Waals surface area contributed by atoms with Gasteiger partial charge >= 0.3 is 5.97 Å². The minimum absolute atomic E-state index is 0.0319. The van der Waals surface area contributed by atoms with Crippen LogP contribution in [0.2, 0.25) is 5.02 Å². The Bertz CT molecular complexity index is 675. The summed E-state index contributed by atoms with van der Waals surface area (Å²) in [5.41, 5.74) is -0.271. The molecule has 2 rings (SSSR count). The van der Waals surface area contributed by atoms with Gasteiger partial charge in [0.1, 0.15) is 24.0 Å². The lowest BCUT2D eigenvalue weighted by Gasteiger charge is -2.07. The molecule has 0 aromatic heterocycles. The first-order chi connectivity index (χ1) is 10.6. The SMILES string of the molecule is O=C(OCCOc1ccccc1)c1ccc(Cl)c([N+](=O)[O-])c1. The molecule has 22 heavy (non-hydrogen) atoms. The van der Waals surface area contributed by atoms with Crippen LogP contribution < -0.4 is 4.74 Å². The lowest BCUT2D eigenvalue weighted by Crippen LogP contribution is -2.12. The number of nitro benzene ring substituents is 1. The molecule has 0 fully saturated rings. The smallest absolute Gasteiger partial charge is 0.338 e. The highest BCUT2D eigenvalue weighted by Gasteiger charge is 2.17. The van der Waals surface area contributed by atoms with Gasteiger partial charge in [-0.3, -0.25) is 10.1 Å². The van der Waals surface area contributed by atoms with Gasteiger partial charge in [0, 0.05) is 6.07 Å². The standard InChI is InChI=1S/C15H12ClNO5/c16-13-7-6-11(10-14(13)17(19)20)15(18)22-9-8-21-12-4-2-1-3-5-12/h1-7,10H,8-9H2. The summed E-state index contributed by atoms with van der Waals surface area (Å²) in [4.78, 5) is 21.9. The molecule has 0 aliphatic heterocycles. The number of benzene rings is 2. The second-order valence-corrected chi connectivity index (χ2v) is 4.63. The van der Waals surface area contributed by atoms with Crippen LogP contribution in [0.1, 0.15) is 10.4 Å². The Balaban J connectivity index is 1.87. The van der Waals surface area contributed by atoms with E-state index in [4.69, 9.17) is 21.1 Å². The largest absolute Gasteiger partial charge is 0.490 e. The zero-order valence-electron chi connectivity index (χ0n) is 11.4. The number of nitrogens with zero attached hydrogens (tertiary/aromatic N) is 1. The van der Waals surface area contributed by atoms with E-state index in [2.05, 4.69) is 0 Å². The van der Waals surface area contributed by atoms with E-state index in [0.717, 1.165) is 6.07 Å². The van der Waals surface area contributed by atoms with Gasteiger partial charge in [-0.15, -0.1) is 0 Å². The number of hydrogen-bond acceptors (Lipinski definition) is 5. The van der Waals surface area contributed by atoms with Crippen molar-refractivity contribution in [2.75, 3.05) is 13.2 Å². The molecular formula is C15H12ClNO5. The van der Waals surface area contributed by atoms with Crippen molar-refractivity contribution >= 4 is 23.3 Å². The molecule has 0 radical (unpaired) electrons. The van der Waals surface area contributed by atoms with Gasteiger partial charge in [0.05, 0.1) is 10.5 Å². The Morgan fingerprint density at radius 1 is 1.14 bits per heavy atom. The van der Waals surface area contributed by atoms with Gasteiger partial charge in [0.15, 0.2) is 0 Å². The number of hydrogen-bond donors (Lipinski definition) is 0. The number of halogens is 1. The zero-order chi connectivity index (χ0) is 15.9. The second-order valence-electron chi connectivity index (χ2n) is 4.22. The van der Waals surface area contributed by atoms with Crippen LogP contribution in [-0.2, 0) is 4.74 Å². The van der Waals surface area contributed by atoms with Crippen LogP contribution in [0.4, 0.5) is 5.69 Å². The van der Waals surface area contributed by atoms with E-state index in [0.29, 0.717) is 5.75 Å². The van der Waals surface area contributed by atoms with Crippen LogP contribution >= 0.6 is 11.6 Å². The fourth-order valence-electron chi connectivity index (χ4n) is 1.67. The van der Waals surface area contributed by atoms with Crippen molar-refractivity contribution < 1.29 is 19.2 Å². The van der Waals surface area contributed by atoms with Crippen molar-refractivity contribution in [3.05, 3.63) is 69.2 Å². The summed E-state index contributed by atoms with van der Waals surface area (Å²) in [6.45, 7) is 0.218. The van der Waals surface area contributed by atoms with Crippen molar-refractivity contribution in [2.45, 2.75) is 0 Å². The van der Waals surface area contributed by atoms with Crippen LogP contribution in [-0.4, -0.2) is 24.1 Å². The van der Waals surface area contributed by atoms with E-state index in [1.54, 1.807) is 12.1 Å². The Labute approximate surface area is 131 Å². The molecule has 0 saturated heterocycles. The molecule has 0 bridgehead atoms. The topological polar surface area (TPSA) is 78.7 Å². The van der Waals surface area contributed by atoms with Crippen LogP contribution in [0.15, 0.2) is 48.5 Å². The van der Waals surface area contributed by atoms with E-state index in [-0.39, 0.29) is 29.5 Å². The Morgan fingerprint density at radius 3 is 2.55 bits per heavy atom. The molecule has 0 N–H and O–H groups in total. The third-order valence-electron chi connectivity index (χ3n) is 2.71. The number of nitro groups is 1. The van der Waals surface area contributed by atoms with Gasteiger partial charge in [-0.2, -0.15) is 0 Å². The Morgan fingerprint density at radius 2 is 1.86 bits per heavy atom. The first-order valence-electron chi connectivity index (χ1n) is 6.37. The third kappa shape index (κ3) is 4.20. The van der Waals surface area contributed by atoms with Crippen LogP contribution in [0.3, 0.4) is 0 Å². The van der Waals surface area contributed by atoms with Crippen molar-refractivity contribution in [2.24, 2.45) is 0 Å². The molecule has 7 heteroatoms. The highest BCUT2D eigenvalue weighted by Crippen LogP contribution is 2.25. The molecule has 0 aliphatic rings. The van der Waals surface area contributed by atoms with Gasteiger partial charge in [-0.1, -0.05) is 29.8 Å². The number of para-hydroxylation sites is 1. The lowest BCUT2D eigenvalue weighted by molar-refractivity contribution is -0.384. The number of carbonyl (C=O) groups is 1. The molecule has 2 aromatic carbocycles. The predicted octanol–water partition coefficient (Wildman–Crippen LogP) is 3.48. The second kappa shape index (κ2) is 7.42. The number of ether oxygens (including phenoxy) is 2. The molecule has 0 atom stereocenters. The summed E-state index contributed by atoms with van der Waals surface area (Å²) < 4.78 is 10.4. The first-order valence-corrected chi connectivity index (χ1v) is 6.74. The van der Waals surface area contributed by atoms with E-state index in [1.165, 1.54) is 12.1 Å². The predicted molar refractivity (Wildman–Crippen MR) is 80.3 cm³/mol. The van der Waals surface area contributed by atoms with E-state index in [9.17, 15) is 14.9 Å². The molecule has 0 amide bonds. The number of rotatable bonds is 6. The van der Waals surface area contributed by atoms with Gasteiger partial charge < -0.3 is 9.47 Å². The zero-order valence-corrected chi connectivity index (χ0v) is 12.2. The van der Waals surface area contributed by atoms with Crippen molar-refractivity contribution in [3.8, 4) is 5.75 Å². The lowest BCUT2D eigenvalue weighted by atomic mass is 10.2. The third-order valence-corrected chi connectivity index (χ3v) is 3.03. The quantitative estimate of drug-likeness (QED) is 0.352. The summed E-state index contributed by atoms with van der Waals surface area (Å²) in [5, 5.41) is 10.7. The highest BCUT2D eigenvalue weighted by atomic mass is 35.5. The molecule has 6 nitrogen and oxygen atoms in total. The van der Waals surface area contributed by atoms with Crippen LogP contribution in [0.5, 0.6) is 5.75 Å². The minimum atomic E-state index is -0.670. The molecule has 114 valence electrons. The number of esters is 1. The maximum absolute atomic E-state index is 11.8. The average Bonchev–Trinajstić information content (AvgIpc) is 2.52. The van der Waals surface area contributed by atoms with Crippen molar-refractivity contribution in [1.29, 1.82) is 0 Å². The maximum Gasteiger partial charge on any atom is 0.338 e. The molecule has 0 unspecified atom stereocenters. The molecule has 0 aliphatic carbocycles. The molecule has 0 heterocycles. The number of carbonyl (C=O) groups excluding carboxylic acids is 1.